The van der Waals surface area contributed by atoms with Crippen molar-refractivity contribution in [3.63, 3.8) is 0 Å². The molecule has 1 aromatic carbocycles. The Labute approximate surface area is 157 Å². The lowest BCUT2D eigenvalue weighted by atomic mass is 9.82. The van der Waals surface area contributed by atoms with Crippen LogP contribution in [-0.2, 0) is 14.3 Å². The maximum Gasteiger partial charge on any atom is 0.165 e. The molecule has 5 nitrogen and oxygen atoms in total. The third-order valence-corrected chi connectivity index (χ3v) is 5.76. The number of hydrogen-bond donors (Lipinski definition) is 0. The zero-order valence-electron chi connectivity index (χ0n) is 15.1. The Morgan fingerprint density at radius 1 is 1.11 bits per heavy atom. The van der Waals surface area contributed by atoms with Crippen LogP contribution in [0.15, 0.2) is 35.9 Å². The number of benzene rings is 1. The third kappa shape index (κ3) is 2.91. The molecule has 1 saturated heterocycles. The molecule has 2 heterocycles. The second-order valence-electron chi connectivity index (χ2n) is 7.53. The number of fused-ring (bicyclic) bond motifs is 4. The molecule has 2 unspecified atom stereocenters. The average Bonchev–Trinajstić information content (AvgIpc) is 3.01. The van der Waals surface area contributed by atoms with Crippen LogP contribution >= 0.6 is 0 Å². The van der Waals surface area contributed by atoms with Gasteiger partial charge in [-0.25, -0.2) is 4.98 Å². The summed E-state index contributed by atoms with van der Waals surface area (Å²) in [5.41, 5.74) is 3.72. The molecule has 27 heavy (non-hydrogen) atoms. The molecule has 0 N–H and O–H groups in total. The molecule has 0 spiro atoms. The van der Waals surface area contributed by atoms with E-state index in [9.17, 15) is 9.59 Å². The lowest BCUT2D eigenvalue weighted by Crippen LogP contribution is -2.24. The SMILES string of the molecule is O=C1CC2CC(=O)c3cc4ccccc4nc3C2=C1COC1CCCCO1. The highest BCUT2D eigenvalue weighted by Crippen LogP contribution is 2.44. The lowest BCUT2D eigenvalue weighted by molar-refractivity contribution is -0.157. The van der Waals surface area contributed by atoms with E-state index in [4.69, 9.17) is 14.5 Å². The predicted octanol–water partition coefficient (Wildman–Crippen LogP) is 3.71. The molecule has 0 radical (unpaired) electrons. The highest BCUT2D eigenvalue weighted by atomic mass is 16.7. The van der Waals surface area contributed by atoms with Crippen LogP contribution < -0.4 is 0 Å². The Bertz CT molecular complexity index is 971. The van der Waals surface area contributed by atoms with E-state index in [1.165, 1.54) is 0 Å². The number of Topliss-reactive ketones (excluding diaryl/α,β-unsaturated/α-hetero) is 2. The summed E-state index contributed by atoms with van der Waals surface area (Å²) >= 11 is 0. The van der Waals surface area contributed by atoms with E-state index in [0.29, 0.717) is 36.3 Å². The molecular formula is C22H21NO4. The number of nitrogens with zero attached hydrogens (tertiary/aromatic N) is 1. The van der Waals surface area contributed by atoms with Crippen molar-refractivity contribution < 1.29 is 19.1 Å². The van der Waals surface area contributed by atoms with E-state index in [0.717, 1.165) is 35.7 Å². The molecule has 0 bridgehead atoms. The van der Waals surface area contributed by atoms with Crippen LogP contribution in [-0.4, -0.2) is 36.1 Å². The first-order chi connectivity index (χ1) is 13.2. The van der Waals surface area contributed by atoms with Crippen molar-refractivity contribution >= 4 is 28.0 Å². The molecule has 3 aliphatic rings. The van der Waals surface area contributed by atoms with Gasteiger partial charge in [0.2, 0.25) is 0 Å². The first-order valence-electron chi connectivity index (χ1n) is 9.63. The maximum absolute atomic E-state index is 12.7. The fourth-order valence-corrected chi connectivity index (χ4v) is 4.40. The highest BCUT2D eigenvalue weighted by molar-refractivity contribution is 6.15. The summed E-state index contributed by atoms with van der Waals surface area (Å²) in [5.74, 6) is 0.0704. The molecule has 2 aliphatic carbocycles. The fraction of sp³-hybridized carbons (Fsp3) is 0.409. The molecule has 2 atom stereocenters. The van der Waals surface area contributed by atoms with E-state index in [2.05, 4.69) is 0 Å². The molecule has 1 aromatic heterocycles. The predicted molar refractivity (Wildman–Crippen MR) is 100 cm³/mol. The van der Waals surface area contributed by atoms with Crippen molar-refractivity contribution in [1.82, 2.24) is 4.98 Å². The molecular weight excluding hydrogens is 342 g/mol. The van der Waals surface area contributed by atoms with Gasteiger partial charge in [0, 0.05) is 41.9 Å². The van der Waals surface area contributed by atoms with Gasteiger partial charge >= 0.3 is 0 Å². The van der Waals surface area contributed by atoms with Gasteiger partial charge in [0.1, 0.15) is 0 Å². The number of pyridine rings is 1. The number of aromatic nitrogens is 1. The summed E-state index contributed by atoms with van der Waals surface area (Å²) < 4.78 is 11.5. The van der Waals surface area contributed by atoms with E-state index >= 15 is 0 Å². The zero-order chi connectivity index (χ0) is 18.4. The fourth-order valence-electron chi connectivity index (χ4n) is 4.40. The summed E-state index contributed by atoms with van der Waals surface area (Å²) in [6.45, 7) is 0.940. The number of ketones is 2. The smallest absolute Gasteiger partial charge is 0.165 e. The van der Waals surface area contributed by atoms with E-state index < -0.39 is 0 Å². The van der Waals surface area contributed by atoms with E-state index in [1.54, 1.807) is 0 Å². The van der Waals surface area contributed by atoms with Gasteiger partial charge in [-0.3, -0.25) is 9.59 Å². The molecule has 1 aliphatic heterocycles. The van der Waals surface area contributed by atoms with Crippen molar-refractivity contribution in [3.05, 3.63) is 47.2 Å². The third-order valence-electron chi connectivity index (χ3n) is 5.76. The Hall–Kier alpha value is -2.37. The van der Waals surface area contributed by atoms with Crippen LogP contribution in [0, 0.1) is 5.92 Å². The van der Waals surface area contributed by atoms with Gasteiger partial charge in [0.05, 0.1) is 17.8 Å². The lowest BCUT2D eigenvalue weighted by Gasteiger charge is -2.24. The number of carbonyl (C=O) groups excluding carboxylic acids is 2. The summed E-state index contributed by atoms with van der Waals surface area (Å²) in [5, 5.41) is 0.946. The zero-order valence-corrected chi connectivity index (χ0v) is 15.1. The van der Waals surface area contributed by atoms with Crippen molar-refractivity contribution in [3.8, 4) is 0 Å². The van der Waals surface area contributed by atoms with Gasteiger partial charge in [-0.15, -0.1) is 0 Å². The quantitative estimate of drug-likeness (QED) is 0.832. The first kappa shape index (κ1) is 16.8. The molecule has 2 aromatic rings. The van der Waals surface area contributed by atoms with Crippen LogP contribution in [0.4, 0.5) is 0 Å². The van der Waals surface area contributed by atoms with Crippen molar-refractivity contribution in [2.45, 2.75) is 38.4 Å². The van der Waals surface area contributed by atoms with Crippen LogP contribution in [0.3, 0.4) is 0 Å². The normalized spacial score (nSPS) is 25.0. The number of hydrogen-bond acceptors (Lipinski definition) is 5. The first-order valence-corrected chi connectivity index (χ1v) is 9.63. The Balaban J connectivity index is 1.56. The van der Waals surface area contributed by atoms with Crippen molar-refractivity contribution in [1.29, 1.82) is 0 Å². The summed E-state index contributed by atoms with van der Waals surface area (Å²) in [6, 6.07) is 9.68. The molecule has 0 amide bonds. The molecule has 5 heteroatoms. The molecule has 138 valence electrons. The van der Waals surface area contributed by atoms with Gasteiger partial charge in [-0.05, 0) is 37.0 Å². The Morgan fingerprint density at radius 3 is 2.81 bits per heavy atom. The monoisotopic (exact) mass is 363 g/mol. The minimum absolute atomic E-state index is 0.0708. The van der Waals surface area contributed by atoms with Gasteiger partial charge in [0.25, 0.3) is 0 Å². The van der Waals surface area contributed by atoms with Gasteiger partial charge in [-0.1, -0.05) is 18.2 Å². The van der Waals surface area contributed by atoms with Gasteiger partial charge < -0.3 is 9.47 Å². The summed E-state index contributed by atoms with van der Waals surface area (Å²) in [4.78, 5) is 30.1. The number of allylic oxidation sites excluding steroid dienone is 1. The number of carbonyl (C=O) groups is 2. The van der Waals surface area contributed by atoms with E-state index in [1.807, 2.05) is 30.3 Å². The maximum atomic E-state index is 12.7. The van der Waals surface area contributed by atoms with Crippen molar-refractivity contribution in [2.24, 2.45) is 5.92 Å². The molecule has 1 fully saturated rings. The van der Waals surface area contributed by atoms with Crippen LogP contribution in [0.2, 0.25) is 0 Å². The van der Waals surface area contributed by atoms with Crippen LogP contribution in [0.1, 0.15) is 48.2 Å². The second kappa shape index (κ2) is 6.66. The minimum atomic E-state index is -0.243. The second-order valence-corrected chi connectivity index (χ2v) is 7.53. The minimum Gasteiger partial charge on any atom is -0.353 e. The largest absolute Gasteiger partial charge is 0.353 e. The van der Waals surface area contributed by atoms with Crippen molar-refractivity contribution in [2.75, 3.05) is 13.2 Å². The highest BCUT2D eigenvalue weighted by Gasteiger charge is 2.40. The summed E-state index contributed by atoms with van der Waals surface area (Å²) in [6.07, 6.45) is 3.50. The average molecular weight is 363 g/mol. The Morgan fingerprint density at radius 2 is 1.96 bits per heavy atom. The topological polar surface area (TPSA) is 65.5 Å². The van der Waals surface area contributed by atoms with Gasteiger partial charge in [-0.2, -0.15) is 0 Å². The Kier molecular flexibility index (Phi) is 4.14. The van der Waals surface area contributed by atoms with Crippen LogP contribution in [0.25, 0.3) is 16.5 Å². The number of rotatable bonds is 3. The van der Waals surface area contributed by atoms with Crippen LogP contribution in [0.5, 0.6) is 0 Å². The van der Waals surface area contributed by atoms with Gasteiger partial charge in [0.15, 0.2) is 17.9 Å². The summed E-state index contributed by atoms with van der Waals surface area (Å²) in [7, 11) is 0. The molecule has 5 rings (SSSR count). The molecule has 0 saturated carbocycles. The number of para-hydroxylation sites is 1. The number of ether oxygens (including phenoxy) is 2. The standard InChI is InChI=1S/C22H21NO4/c24-18-10-14-11-19(25)16(12-27-20-7-3-4-8-26-20)21(14)22-15(18)9-13-5-1-2-6-17(13)23-22/h1-2,5-6,9,14,20H,3-4,7-8,10-12H2. The van der Waals surface area contributed by atoms with E-state index in [-0.39, 0.29) is 30.4 Å².